The van der Waals surface area contributed by atoms with Crippen LogP contribution in [0.5, 0.6) is 5.75 Å². The molecule has 4 aromatic rings. The molecule has 0 spiro atoms. The molecular weight excluding hydrogens is 433 g/mol. The lowest BCUT2D eigenvalue weighted by Gasteiger charge is -2.17. The molecule has 33 heavy (non-hydrogen) atoms. The maximum absolute atomic E-state index is 14.1. The van der Waals surface area contributed by atoms with Crippen molar-refractivity contribution in [3.63, 3.8) is 0 Å². The van der Waals surface area contributed by atoms with Crippen molar-refractivity contribution < 1.29 is 28.7 Å². The molecule has 170 valence electrons. The lowest BCUT2D eigenvalue weighted by atomic mass is 10.0. The minimum absolute atomic E-state index is 0.00134. The molecule has 0 saturated carbocycles. The Morgan fingerprint density at radius 1 is 1.30 bits per heavy atom. The van der Waals surface area contributed by atoms with Gasteiger partial charge in [0, 0.05) is 17.5 Å². The minimum Gasteiger partial charge on any atom is -0.491 e. The largest absolute Gasteiger partial charge is 0.491 e. The first kappa shape index (κ1) is 22.0. The number of methoxy groups -OCH3 is 1. The van der Waals surface area contributed by atoms with Gasteiger partial charge in [0.05, 0.1) is 13.3 Å². The number of hydrogen-bond donors (Lipinski definition) is 2. The summed E-state index contributed by atoms with van der Waals surface area (Å²) in [7, 11) is 1.32. The van der Waals surface area contributed by atoms with E-state index in [9.17, 15) is 19.4 Å². The van der Waals surface area contributed by atoms with Crippen LogP contribution in [0.4, 0.5) is 15.1 Å². The highest BCUT2D eigenvalue weighted by atomic mass is 19.1. The topological polar surface area (TPSA) is 156 Å². The van der Waals surface area contributed by atoms with Gasteiger partial charge in [-0.05, 0) is 32.0 Å². The van der Waals surface area contributed by atoms with Gasteiger partial charge in [0.2, 0.25) is 17.3 Å². The number of ether oxygens (including phenoxy) is 1. The Labute approximate surface area is 186 Å². The van der Waals surface area contributed by atoms with Gasteiger partial charge in [-0.15, -0.1) is 9.67 Å². The molecule has 0 fully saturated rings. The standard InChI is InChI=1S/C21H20FN7O4/c1-21(2,32)15-6-4-5-11(29(15)20(30)31)9-28-10-14(26-27-28)16-12-7-8-13(22)18(33-3)17(12)25-19(23)24-16/h4-8,10,32H,9H2,1-3H3,(H2-,23,24,25,30,31). The summed E-state index contributed by atoms with van der Waals surface area (Å²) >= 11 is 0. The van der Waals surface area contributed by atoms with Gasteiger partial charge >= 0.3 is 6.09 Å². The fourth-order valence-corrected chi connectivity index (χ4v) is 3.57. The van der Waals surface area contributed by atoms with E-state index in [1.165, 1.54) is 50.0 Å². The lowest BCUT2D eigenvalue weighted by Crippen LogP contribution is -2.59. The highest BCUT2D eigenvalue weighted by molar-refractivity contribution is 5.95. The van der Waals surface area contributed by atoms with E-state index in [1.807, 2.05) is 0 Å². The lowest BCUT2D eigenvalue weighted by molar-refractivity contribution is -0.651. The predicted molar refractivity (Wildman–Crippen MR) is 111 cm³/mol. The van der Waals surface area contributed by atoms with Crippen LogP contribution < -0.4 is 20.1 Å². The minimum atomic E-state index is -1.49. The number of rotatable bonds is 5. The van der Waals surface area contributed by atoms with Crippen LogP contribution in [-0.4, -0.2) is 43.3 Å². The second-order valence-electron chi connectivity index (χ2n) is 7.77. The molecule has 0 aliphatic rings. The maximum atomic E-state index is 14.1. The number of fused-ring (bicyclic) bond motifs is 1. The van der Waals surface area contributed by atoms with Crippen LogP contribution in [0.2, 0.25) is 0 Å². The first-order valence-electron chi connectivity index (χ1n) is 9.78. The molecule has 0 bridgehead atoms. The number of pyridine rings is 1. The number of carboxylic acid groups (broad SMARTS) is 1. The van der Waals surface area contributed by atoms with Gasteiger partial charge in [-0.2, -0.15) is 0 Å². The smallest absolute Gasteiger partial charge is 0.343 e. The molecule has 12 heteroatoms. The van der Waals surface area contributed by atoms with Crippen molar-refractivity contribution in [3.8, 4) is 17.1 Å². The molecule has 1 aromatic carbocycles. The summed E-state index contributed by atoms with van der Waals surface area (Å²) in [5, 5.41) is 30.7. The molecule has 0 aliphatic heterocycles. The van der Waals surface area contributed by atoms with Gasteiger partial charge in [-0.3, -0.25) is 0 Å². The van der Waals surface area contributed by atoms with Crippen LogP contribution in [0.1, 0.15) is 25.2 Å². The first-order chi connectivity index (χ1) is 15.6. The number of nitrogen functional groups attached to an aromatic ring is 1. The molecule has 3 N–H and O–H groups in total. The van der Waals surface area contributed by atoms with E-state index in [1.54, 1.807) is 12.1 Å². The quantitative estimate of drug-likeness (QED) is 0.408. The van der Waals surface area contributed by atoms with E-state index in [-0.39, 0.29) is 29.5 Å². The van der Waals surface area contributed by atoms with Gasteiger partial charge in [-0.25, -0.2) is 19.0 Å². The van der Waals surface area contributed by atoms with Crippen LogP contribution in [0.3, 0.4) is 0 Å². The number of carbonyl (C=O) groups is 1. The van der Waals surface area contributed by atoms with Crippen molar-refractivity contribution in [3.05, 3.63) is 53.7 Å². The van der Waals surface area contributed by atoms with E-state index in [2.05, 4.69) is 20.3 Å². The Balaban J connectivity index is 1.78. The molecule has 0 atom stereocenters. The van der Waals surface area contributed by atoms with E-state index >= 15 is 0 Å². The Hall–Kier alpha value is -4.19. The first-order valence-corrected chi connectivity index (χ1v) is 9.78. The van der Waals surface area contributed by atoms with Gasteiger partial charge in [0.1, 0.15) is 29.1 Å². The number of nitrogens with zero attached hydrogens (tertiary/aromatic N) is 6. The number of anilines is 1. The molecule has 0 saturated heterocycles. The molecule has 0 aliphatic carbocycles. The van der Waals surface area contributed by atoms with Gasteiger partial charge in [0.15, 0.2) is 11.6 Å². The number of hydrogen-bond acceptors (Lipinski definition) is 9. The van der Waals surface area contributed by atoms with Gasteiger partial charge < -0.3 is 25.5 Å². The Kier molecular flexibility index (Phi) is 5.38. The van der Waals surface area contributed by atoms with Crippen LogP contribution in [0.15, 0.2) is 36.5 Å². The zero-order valence-electron chi connectivity index (χ0n) is 18.0. The summed E-state index contributed by atoms with van der Waals surface area (Å²) in [5.41, 5.74) is 5.63. The highest BCUT2D eigenvalue weighted by Crippen LogP contribution is 2.32. The fourth-order valence-electron chi connectivity index (χ4n) is 3.57. The third kappa shape index (κ3) is 4.03. The van der Waals surface area contributed by atoms with E-state index in [4.69, 9.17) is 10.5 Å². The summed E-state index contributed by atoms with van der Waals surface area (Å²) < 4.78 is 21.5. The van der Waals surface area contributed by atoms with Crippen molar-refractivity contribution in [2.45, 2.75) is 26.0 Å². The summed E-state index contributed by atoms with van der Waals surface area (Å²) in [6, 6.07) is 7.39. The average Bonchev–Trinajstić information content (AvgIpc) is 3.20. The zero-order chi connectivity index (χ0) is 23.9. The van der Waals surface area contributed by atoms with Gasteiger partial charge in [0.25, 0.3) is 0 Å². The van der Waals surface area contributed by atoms with E-state index < -0.39 is 17.5 Å². The molecule has 0 amide bonds. The molecule has 0 radical (unpaired) electrons. The Morgan fingerprint density at radius 2 is 2.06 bits per heavy atom. The third-order valence-corrected chi connectivity index (χ3v) is 4.98. The summed E-state index contributed by atoms with van der Waals surface area (Å²) in [6.07, 6.45) is 0.0414. The molecule has 0 unspecified atom stereocenters. The zero-order valence-corrected chi connectivity index (χ0v) is 18.0. The monoisotopic (exact) mass is 453 g/mol. The number of carbonyl (C=O) groups excluding carboxylic acids is 1. The molecular formula is C21H20FN7O4. The maximum Gasteiger partial charge on any atom is 0.343 e. The van der Waals surface area contributed by atoms with Gasteiger partial charge in [-0.1, -0.05) is 5.21 Å². The van der Waals surface area contributed by atoms with E-state index in [0.717, 1.165) is 4.57 Å². The second kappa shape index (κ2) is 8.06. The van der Waals surface area contributed by atoms with Crippen LogP contribution in [0, 0.1) is 5.82 Å². The molecule has 3 heterocycles. The Bertz CT molecular complexity index is 1380. The third-order valence-electron chi connectivity index (χ3n) is 4.98. The predicted octanol–water partition coefficient (Wildman–Crippen LogP) is 0.373. The van der Waals surface area contributed by atoms with Crippen molar-refractivity contribution in [1.82, 2.24) is 25.0 Å². The van der Waals surface area contributed by atoms with Crippen LogP contribution in [0.25, 0.3) is 22.3 Å². The van der Waals surface area contributed by atoms with Crippen molar-refractivity contribution in [1.29, 1.82) is 0 Å². The van der Waals surface area contributed by atoms with Crippen molar-refractivity contribution in [2.24, 2.45) is 0 Å². The van der Waals surface area contributed by atoms with Crippen molar-refractivity contribution in [2.75, 3.05) is 12.8 Å². The second-order valence-corrected chi connectivity index (χ2v) is 7.77. The highest BCUT2D eigenvalue weighted by Gasteiger charge is 2.31. The summed E-state index contributed by atoms with van der Waals surface area (Å²) in [6.45, 7) is 2.95. The number of nitrogens with two attached hydrogens (primary N) is 1. The SMILES string of the molecule is COc1c(F)ccc2c(-c3cn(Cc4cccc(C(C)(C)O)[n+]4C(=O)[O-])nn3)nc(N)nc12. The summed E-state index contributed by atoms with van der Waals surface area (Å²) in [4.78, 5) is 20.1. The van der Waals surface area contributed by atoms with Crippen molar-refractivity contribution >= 4 is 22.9 Å². The number of aliphatic hydroxyl groups is 1. The van der Waals surface area contributed by atoms with Crippen LogP contribution >= 0.6 is 0 Å². The van der Waals surface area contributed by atoms with E-state index in [0.29, 0.717) is 22.5 Å². The number of halogens is 1. The summed E-state index contributed by atoms with van der Waals surface area (Å²) in [5.74, 6) is -0.784. The number of benzene rings is 1. The van der Waals surface area contributed by atoms with Crippen LogP contribution in [-0.2, 0) is 12.1 Å². The Morgan fingerprint density at radius 3 is 2.73 bits per heavy atom. The molecule has 3 aromatic heterocycles. The normalized spacial score (nSPS) is 11.7. The fraction of sp³-hybridized carbons (Fsp3) is 0.238. The average molecular weight is 453 g/mol. The number of aromatic nitrogens is 6. The molecule has 4 rings (SSSR count). The molecule has 11 nitrogen and oxygen atoms in total.